The zero-order chi connectivity index (χ0) is 11.2. The van der Waals surface area contributed by atoms with Gasteiger partial charge in [0.2, 0.25) is 5.91 Å². The highest BCUT2D eigenvalue weighted by molar-refractivity contribution is 7.99. The van der Waals surface area contributed by atoms with Crippen LogP contribution >= 0.6 is 11.8 Å². The van der Waals surface area contributed by atoms with Gasteiger partial charge in [0.1, 0.15) is 0 Å². The van der Waals surface area contributed by atoms with Gasteiger partial charge < -0.3 is 10.6 Å². The first-order chi connectivity index (χ1) is 7.84. The molecule has 2 fully saturated rings. The van der Waals surface area contributed by atoms with E-state index in [2.05, 4.69) is 10.6 Å². The van der Waals surface area contributed by atoms with Crippen molar-refractivity contribution in [1.82, 2.24) is 10.6 Å². The number of amides is 1. The lowest BCUT2D eigenvalue weighted by atomic mass is 10.0. The molecule has 1 heterocycles. The smallest absolute Gasteiger partial charge is 0.221 e. The third-order valence-electron chi connectivity index (χ3n) is 3.29. The largest absolute Gasteiger partial charge is 0.356 e. The number of carbonyl (C=O) groups is 1. The van der Waals surface area contributed by atoms with Crippen molar-refractivity contribution in [3.63, 3.8) is 0 Å². The lowest BCUT2D eigenvalue weighted by Crippen LogP contribution is -2.33. The van der Waals surface area contributed by atoms with Gasteiger partial charge in [0.15, 0.2) is 0 Å². The van der Waals surface area contributed by atoms with E-state index in [4.69, 9.17) is 0 Å². The molecule has 0 atom stereocenters. The van der Waals surface area contributed by atoms with Gasteiger partial charge in [-0.3, -0.25) is 4.79 Å². The highest BCUT2D eigenvalue weighted by Crippen LogP contribution is 2.21. The van der Waals surface area contributed by atoms with E-state index >= 15 is 0 Å². The average Bonchev–Trinajstić information content (AvgIpc) is 3.12. The van der Waals surface area contributed by atoms with E-state index in [1.807, 2.05) is 11.8 Å². The lowest BCUT2D eigenvalue weighted by molar-refractivity contribution is -0.121. The molecular weight excluding hydrogens is 220 g/mol. The minimum atomic E-state index is 0.214. The van der Waals surface area contributed by atoms with Crippen LogP contribution < -0.4 is 10.6 Å². The number of hydrogen-bond donors (Lipinski definition) is 2. The number of hydrogen-bond acceptors (Lipinski definition) is 3. The Morgan fingerprint density at radius 2 is 1.94 bits per heavy atom. The second-order valence-electron chi connectivity index (χ2n) is 4.84. The topological polar surface area (TPSA) is 41.1 Å². The molecule has 0 aromatic rings. The van der Waals surface area contributed by atoms with Crippen LogP contribution in [0.4, 0.5) is 0 Å². The average molecular weight is 242 g/mol. The Balaban J connectivity index is 1.48. The van der Waals surface area contributed by atoms with Gasteiger partial charge in [-0.2, -0.15) is 11.8 Å². The van der Waals surface area contributed by atoms with Gasteiger partial charge in [0, 0.05) is 25.6 Å². The van der Waals surface area contributed by atoms with Crippen molar-refractivity contribution in [2.45, 2.75) is 38.1 Å². The van der Waals surface area contributed by atoms with Gasteiger partial charge in [0.25, 0.3) is 0 Å². The summed E-state index contributed by atoms with van der Waals surface area (Å²) in [6, 6.07) is 0.711. The van der Waals surface area contributed by atoms with Crippen molar-refractivity contribution >= 4 is 17.7 Å². The van der Waals surface area contributed by atoms with Crippen LogP contribution in [0.3, 0.4) is 0 Å². The maximum absolute atomic E-state index is 11.5. The van der Waals surface area contributed by atoms with Crippen molar-refractivity contribution in [3.8, 4) is 0 Å². The maximum Gasteiger partial charge on any atom is 0.221 e. The monoisotopic (exact) mass is 242 g/mol. The minimum Gasteiger partial charge on any atom is -0.356 e. The van der Waals surface area contributed by atoms with Crippen molar-refractivity contribution in [2.24, 2.45) is 5.92 Å². The Morgan fingerprint density at radius 3 is 2.62 bits per heavy atom. The van der Waals surface area contributed by atoms with Crippen LogP contribution in [0.15, 0.2) is 0 Å². The Hall–Kier alpha value is -0.220. The van der Waals surface area contributed by atoms with Gasteiger partial charge in [-0.15, -0.1) is 0 Å². The summed E-state index contributed by atoms with van der Waals surface area (Å²) in [5.41, 5.74) is 0. The number of rotatable bonds is 6. The maximum atomic E-state index is 11.5. The SMILES string of the molecule is O=C(CCNC1CC1)NCC1CCSCC1. The Kier molecular flexibility index (Phi) is 4.97. The molecule has 0 spiro atoms. The van der Waals surface area contributed by atoms with E-state index in [1.54, 1.807) is 0 Å². The van der Waals surface area contributed by atoms with Crippen molar-refractivity contribution in [1.29, 1.82) is 0 Å². The first-order valence-electron chi connectivity index (χ1n) is 6.42. The van der Waals surface area contributed by atoms with Gasteiger partial charge in [-0.1, -0.05) is 0 Å². The van der Waals surface area contributed by atoms with E-state index < -0.39 is 0 Å². The molecule has 0 radical (unpaired) electrons. The quantitative estimate of drug-likeness (QED) is 0.739. The van der Waals surface area contributed by atoms with Crippen LogP contribution in [0.2, 0.25) is 0 Å². The van der Waals surface area contributed by atoms with Crippen LogP contribution in [0.5, 0.6) is 0 Å². The van der Waals surface area contributed by atoms with Crippen LogP contribution in [0, 0.1) is 5.92 Å². The standard InChI is InChI=1S/C12H22N2OS/c15-12(3-6-13-11-1-2-11)14-9-10-4-7-16-8-5-10/h10-11,13H,1-9H2,(H,14,15). The summed E-state index contributed by atoms with van der Waals surface area (Å²) < 4.78 is 0. The fourth-order valence-electron chi connectivity index (χ4n) is 1.97. The van der Waals surface area contributed by atoms with E-state index in [0.717, 1.165) is 19.0 Å². The predicted molar refractivity (Wildman–Crippen MR) is 68.7 cm³/mol. The fourth-order valence-corrected chi connectivity index (χ4v) is 3.18. The lowest BCUT2D eigenvalue weighted by Gasteiger charge is -2.21. The zero-order valence-corrected chi connectivity index (χ0v) is 10.7. The molecule has 1 saturated heterocycles. The summed E-state index contributed by atoms with van der Waals surface area (Å²) in [5.74, 6) is 3.47. The normalized spacial score (nSPS) is 22.0. The van der Waals surface area contributed by atoms with Gasteiger partial charge in [-0.05, 0) is 43.1 Å². The molecule has 3 nitrogen and oxygen atoms in total. The molecule has 1 saturated carbocycles. The third-order valence-corrected chi connectivity index (χ3v) is 4.34. The fraction of sp³-hybridized carbons (Fsp3) is 0.917. The summed E-state index contributed by atoms with van der Waals surface area (Å²) >= 11 is 2.03. The molecule has 0 aromatic heterocycles. The van der Waals surface area contributed by atoms with E-state index in [1.165, 1.54) is 37.2 Å². The summed E-state index contributed by atoms with van der Waals surface area (Å²) in [7, 11) is 0. The van der Waals surface area contributed by atoms with Crippen molar-refractivity contribution in [3.05, 3.63) is 0 Å². The Labute approximate surface area is 102 Å². The number of carbonyl (C=O) groups excluding carboxylic acids is 1. The van der Waals surface area contributed by atoms with Crippen molar-refractivity contribution < 1.29 is 4.79 Å². The highest BCUT2D eigenvalue weighted by Gasteiger charge is 2.20. The van der Waals surface area contributed by atoms with Crippen molar-refractivity contribution in [2.75, 3.05) is 24.6 Å². The molecule has 2 N–H and O–H groups in total. The second kappa shape index (κ2) is 6.50. The van der Waals surface area contributed by atoms with Gasteiger partial charge in [-0.25, -0.2) is 0 Å². The second-order valence-corrected chi connectivity index (χ2v) is 6.06. The molecule has 1 aliphatic heterocycles. The van der Waals surface area contributed by atoms with Crippen LogP contribution in [0.1, 0.15) is 32.1 Å². The molecule has 92 valence electrons. The molecular formula is C12H22N2OS. The molecule has 1 aliphatic carbocycles. The summed E-state index contributed by atoms with van der Waals surface area (Å²) in [6.07, 6.45) is 5.76. The van der Waals surface area contributed by atoms with Crippen LogP contribution in [-0.2, 0) is 4.79 Å². The molecule has 1 amide bonds. The molecule has 2 rings (SSSR count). The Bertz CT molecular complexity index is 225. The molecule has 16 heavy (non-hydrogen) atoms. The first kappa shape index (κ1) is 12.2. The highest BCUT2D eigenvalue weighted by atomic mass is 32.2. The first-order valence-corrected chi connectivity index (χ1v) is 7.58. The van der Waals surface area contributed by atoms with Gasteiger partial charge >= 0.3 is 0 Å². The van der Waals surface area contributed by atoms with Gasteiger partial charge in [0.05, 0.1) is 0 Å². The third kappa shape index (κ3) is 4.74. The van der Waals surface area contributed by atoms with E-state index in [0.29, 0.717) is 12.5 Å². The molecule has 0 bridgehead atoms. The van der Waals surface area contributed by atoms with E-state index in [9.17, 15) is 4.79 Å². The zero-order valence-electron chi connectivity index (χ0n) is 9.84. The number of thioether (sulfide) groups is 1. The summed E-state index contributed by atoms with van der Waals surface area (Å²) in [4.78, 5) is 11.5. The van der Waals surface area contributed by atoms with Crippen LogP contribution in [0.25, 0.3) is 0 Å². The molecule has 0 unspecified atom stereocenters. The summed E-state index contributed by atoms with van der Waals surface area (Å²) in [5, 5.41) is 6.42. The van der Waals surface area contributed by atoms with E-state index in [-0.39, 0.29) is 5.91 Å². The molecule has 2 aliphatic rings. The summed E-state index contributed by atoms with van der Waals surface area (Å²) in [6.45, 7) is 1.74. The predicted octanol–water partition coefficient (Wildman–Crippen LogP) is 1.39. The minimum absolute atomic E-state index is 0.214. The number of nitrogens with one attached hydrogen (secondary N) is 2. The van der Waals surface area contributed by atoms with Crippen LogP contribution in [-0.4, -0.2) is 36.5 Å². The Morgan fingerprint density at radius 1 is 1.19 bits per heavy atom. The molecule has 4 heteroatoms. The molecule has 0 aromatic carbocycles.